The summed E-state index contributed by atoms with van der Waals surface area (Å²) in [4.78, 5) is 0. The van der Waals surface area contributed by atoms with E-state index in [-0.39, 0.29) is 0 Å². The van der Waals surface area contributed by atoms with Crippen LogP contribution in [0, 0.1) is 18.3 Å². The molecule has 1 aliphatic rings. The second-order valence-corrected chi connectivity index (χ2v) is 2.86. The number of rotatable bonds is 0. The Labute approximate surface area is 57.7 Å². The molecule has 0 radical (unpaired) electrons. The van der Waals surface area contributed by atoms with Gasteiger partial charge in [0.25, 0.3) is 0 Å². The van der Waals surface area contributed by atoms with Gasteiger partial charge in [-0.1, -0.05) is 25.7 Å². The van der Waals surface area contributed by atoms with Crippen molar-refractivity contribution >= 4 is 0 Å². The van der Waals surface area contributed by atoms with Gasteiger partial charge in [0, 0.05) is 5.92 Å². The molecular weight excluding hydrogens is 108 g/mol. The maximum Gasteiger partial charge on any atom is 0.0200 e. The molecule has 1 aliphatic carbocycles. The highest BCUT2D eigenvalue weighted by Gasteiger charge is 2.07. The zero-order chi connectivity index (χ0) is 6.53. The van der Waals surface area contributed by atoms with Crippen molar-refractivity contribution < 1.29 is 0 Å². The fraction of sp³-hybridized carbons (Fsp3) is 0.778. The molecular formula is C9H14. The molecule has 0 unspecified atom stereocenters. The molecule has 0 N–H and O–H groups in total. The highest BCUT2D eigenvalue weighted by Crippen LogP contribution is 2.21. The predicted octanol–water partition coefficient (Wildman–Crippen LogP) is 2.59. The SMILES string of the molecule is C#CC1CCCCCC1. The lowest BCUT2D eigenvalue weighted by Gasteiger charge is -2.02. The maximum atomic E-state index is 5.32. The first kappa shape index (κ1) is 6.68. The van der Waals surface area contributed by atoms with E-state index in [9.17, 15) is 0 Å². The van der Waals surface area contributed by atoms with Crippen LogP contribution in [0.1, 0.15) is 38.5 Å². The predicted molar refractivity (Wildman–Crippen MR) is 40.0 cm³/mol. The standard InChI is InChI=1S/C9H14/c1-2-9-7-5-3-4-6-8-9/h1,9H,3-8H2. The fourth-order valence-corrected chi connectivity index (χ4v) is 1.45. The molecule has 0 heterocycles. The van der Waals surface area contributed by atoms with Crippen LogP contribution in [0.2, 0.25) is 0 Å². The molecule has 0 nitrogen and oxygen atoms in total. The zero-order valence-electron chi connectivity index (χ0n) is 5.90. The van der Waals surface area contributed by atoms with Crippen molar-refractivity contribution in [2.24, 2.45) is 5.92 Å². The van der Waals surface area contributed by atoms with E-state index in [0.29, 0.717) is 5.92 Å². The number of hydrogen-bond acceptors (Lipinski definition) is 0. The van der Waals surface area contributed by atoms with Crippen molar-refractivity contribution in [3.05, 3.63) is 0 Å². The molecule has 0 aromatic rings. The molecule has 1 fully saturated rings. The van der Waals surface area contributed by atoms with Crippen LogP contribution in [-0.2, 0) is 0 Å². The summed E-state index contributed by atoms with van der Waals surface area (Å²) in [6, 6.07) is 0. The van der Waals surface area contributed by atoms with E-state index in [1.165, 1.54) is 38.5 Å². The summed E-state index contributed by atoms with van der Waals surface area (Å²) in [6.07, 6.45) is 13.4. The topological polar surface area (TPSA) is 0 Å². The molecule has 0 heteroatoms. The molecule has 0 spiro atoms. The maximum absolute atomic E-state index is 5.32. The quantitative estimate of drug-likeness (QED) is 0.342. The Kier molecular flexibility index (Phi) is 2.64. The third-order valence-electron chi connectivity index (χ3n) is 2.09. The van der Waals surface area contributed by atoms with Crippen molar-refractivity contribution in [3.63, 3.8) is 0 Å². The zero-order valence-corrected chi connectivity index (χ0v) is 5.90. The third kappa shape index (κ3) is 2.10. The van der Waals surface area contributed by atoms with Crippen LogP contribution in [-0.4, -0.2) is 0 Å². The lowest BCUT2D eigenvalue weighted by atomic mass is 10.0. The van der Waals surface area contributed by atoms with Crippen LogP contribution in [0.25, 0.3) is 0 Å². The van der Waals surface area contributed by atoms with Crippen LogP contribution in [0.5, 0.6) is 0 Å². The summed E-state index contributed by atoms with van der Waals surface area (Å²) in [7, 11) is 0. The van der Waals surface area contributed by atoms with Gasteiger partial charge in [-0.3, -0.25) is 0 Å². The molecule has 0 bridgehead atoms. The van der Waals surface area contributed by atoms with E-state index in [1.807, 2.05) is 0 Å². The van der Waals surface area contributed by atoms with Crippen molar-refractivity contribution in [1.29, 1.82) is 0 Å². The van der Waals surface area contributed by atoms with E-state index < -0.39 is 0 Å². The van der Waals surface area contributed by atoms with Crippen molar-refractivity contribution in [3.8, 4) is 12.3 Å². The van der Waals surface area contributed by atoms with Crippen LogP contribution < -0.4 is 0 Å². The van der Waals surface area contributed by atoms with E-state index in [2.05, 4.69) is 5.92 Å². The molecule has 0 aromatic heterocycles. The van der Waals surface area contributed by atoms with Gasteiger partial charge in [-0.25, -0.2) is 0 Å². The van der Waals surface area contributed by atoms with E-state index in [4.69, 9.17) is 6.42 Å². The molecule has 0 aromatic carbocycles. The van der Waals surface area contributed by atoms with Crippen LogP contribution >= 0.6 is 0 Å². The van der Waals surface area contributed by atoms with Gasteiger partial charge in [-0.05, 0) is 12.8 Å². The Hall–Kier alpha value is -0.440. The molecule has 9 heavy (non-hydrogen) atoms. The molecule has 0 saturated heterocycles. The van der Waals surface area contributed by atoms with E-state index in [0.717, 1.165) is 0 Å². The number of terminal acetylenes is 1. The molecule has 0 atom stereocenters. The average molecular weight is 122 g/mol. The van der Waals surface area contributed by atoms with Crippen LogP contribution in [0.3, 0.4) is 0 Å². The summed E-state index contributed by atoms with van der Waals surface area (Å²) >= 11 is 0. The first-order chi connectivity index (χ1) is 4.43. The third-order valence-corrected chi connectivity index (χ3v) is 2.09. The smallest absolute Gasteiger partial charge is 0.0200 e. The van der Waals surface area contributed by atoms with E-state index in [1.54, 1.807) is 0 Å². The highest BCUT2D eigenvalue weighted by molar-refractivity contribution is 4.93. The summed E-state index contributed by atoms with van der Waals surface area (Å²) < 4.78 is 0. The second-order valence-electron chi connectivity index (χ2n) is 2.86. The van der Waals surface area contributed by atoms with Gasteiger partial charge in [-0.2, -0.15) is 0 Å². The van der Waals surface area contributed by atoms with Gasteiger partial charge < -0.3 is 0 Å². The molecule has 1 rings (SSSR count). The summed E-state index contributed by atoms with van der Waals surface area (Å²) in [5, 5.41) is 0. The Morgan fingerprint density at radius 1 is 1.00 bits per heavy atom. The average Bonchev–Trinajstić information content (AvgIpc) is 2.13. The fourth-order valence-electron chi connectivity index (χ4n) is 1.45. The van der Waals surface area contributed by atoms with Gasteiger partial charge in [0.1, 0.15) is 0 Å². The molecule has 50 valence electrons. The first-order valence-corrected chi connectivity index (χ1v) is 3.89. The van der Waals surface area contributed by atoms with Gasteiger partial charge in [0.2, 0.25) is 0 Å². The molecule has 0 aliphatic heterocycles. The highest BCUT2D eigenvalue weighted by atomic mass is 14.1. The van der Waals surface area contributed by atoms with Crippen LogP contribution in [0.15, 0.2) is 0 Å². The lowest BCUT2D eigenvalue weighted by molar-refractivity contribution is 0.578. The van der Waals surface area contributed by atoms with Crippen molar-refractivity contribution in [2.45, 2.75) is 38.5 Å². The largest absolute Gasteiger partial charge is 0.120 e. The molecule has 1 saturated carbocycles. The Morgan fingerprint density at radius 3 is 2.00 bits per heavy atom. The van der Waals surface area contributed by atoms with Gasteiger partial charge in [0.05, 0.1) is 0 Å². The van der Waals surface area contributed by atoms with Crippen molar-refractivity contribution in [1.82, 2.24) is 0 Å². The Bertz CT molecular complexity index is 99.7. The lowest BCUT2D eigenvalue weighted by Crippen LogP contribution is -1.92. The van der Waals surface area contributed by atoms with Gasteiger partial charge >= 0.3 is 0 Å². The Morgan fingerprint density at radius 2 is 1.56 bits per heavy atom. The second kappa shape index (κ2) is 3.56. The molecule has 0 amide bonds. The summed E-state index contributed by atoms with van der Waals surface area (Å²) in [5.74, 6) is 3.45. The van der Waals surface area contributed by atoms with Gasteiger partial charge in [0.15, 0.2) is 0 Å². The minimum Gasteiger partial charge on any atom is -0.120 e. The minimum absolute atomic E-state index is 0.604. The Balaban J connectivity index is 2.29. The van der Waals surface area contributed by atoms with Crippen molar-refractivity contribution in [2.75, 3.05) is 0 Å². The van der Waals surface area contributed by atoms with Crippen LogP contribution in [0.4, 0.5) is 0 Å². The normalized spacial score (nSPS) is 22.6. The van der Waals surface area contributed by atoms with Gasteiger partial charge in [-0.15, -0.1) is 12.3 Å². The van der Waals surface area contributed by atoms with E-state index >= 15 is 0 Å². The first-order valence-electron chi connectivity index (χ1n) is 3.89. The monoisotopic (exact) mass is 122 g/mol. The number of hydrogen-bond donors (Lipinski definition) is 0. The minimum atomic E-state index is 0.604. The summed E-state index contributed by atoms with van der Waals surface area (Å²) in [5.41, 5.74) is 0. The summed E-state index contributed by atoms with van der Waals surface area (Å²) in [6.45, 7) is 0.